The number of halogens is 2. The van der Waals surface area contributed by atoms with Gasteiger partial charge in [0.1, 0.15) is 0 Å². The molecule has 0 radical (unpaired) electrons. The first-order valence-electron chi connectivity index (χ1n) is 10.7. The van der Waals surface area contributed by atoms with E-state index in [1.165, 1.54) is 27.8 Å². The van der Waals surface area contributed by atoms with Crippen LogP contribution in [0.15, 0.2) is 72.8 Å². The number of benzene rings is 3. The van der Waals surface area contributed by atoms with Crippen molar-refractivity contribution in [2.45, 2.75) is 43.0 Å². The summed E-state index contributed by atoms with van der Waals surface area (Å²) in [6.07, 6.45) is 0. The Morgan fingerprint density at radius 1 is 0.844 bits per heavy atom. The Morgan fingerprint density at radius 3 is 1.88 bits per heavy atom. The predicted molar refractivity (Wildman–Crippen MR) is 125 cm³/mol. The molecule has 0 saturated carbocycles. The molecule has 4 rings (SSSR count). The predicted octanol–water partition coefficient (Wildman–Crippen LogP) is 0.00850. The molecule has 0 atom stereocenters. The SMILES string of the molecule is C[SiH](C)[Hf+2]([NH]C(=O)c1cccc(C(C)(C)C)c1)[CH]1c2ccccc2-c2ccccc21.[Cl-].[Cl-]. The van der Waals surface area contributed by atoms with E-state index in [4.69, 9.17) is 0 Å². The van der Waals surface area contributed by atoms with Gasteiger partial charge in [-0.05, 0) is 0 Å². The van der Waals surface area contributed by atoms with Crippen LogP contribution < -0.4 is 28.1 Å². The quantitative estimate of drug-likeness (QED) is 0.397. The summed E-state index contributed by atoms with van der Waals surface area (Å²) < 4.78 is 4.10. The van der Waals surface area contributed by atoms with Crippen molar-refractivity contribution in [3.05, 3.63) is 95.1 Å². The molecule has 0 unspecified atom stereocenters. The summed E-state index contributed by atoms with van der Waals surface area (Å²) in [5.41, 5.74) is 7.64. The number of amides is 1. The molecule has 3 aromatic carbocycles. The summed E-state index contributed by atoms with van der Waals surface area (Å²) in [5.74, 6) is -0.870. The van der Waals surface area contributed by atoms with E-state index in [0.29, 0.717) is 3.67 Å². The van der Waals surface area contributed by atoms with Gasteiger partial charge in [-0.15, -0.1) is 0 Å². The van der Waals surface area contributed by atoms with Gasteiger partial charge in [0.2, 0.25) is 0 Å². The van der Waals surface area contributed by atoms with Gasteiger partial charge in [-0.1, -0.05) is 0 Å². The van der Waals surface area contributed by atoms with Crippen molar-refractivity contribution in [1.82, 2.24) is 3.30 Å². The summed E-state index contributed by atoms with van der Waals surface area (Å²) >= 11 is -2.50. The van der Waals surface area contributed by atoms with Gasteiger partial charge < -0.3 is 24.8 Å². The second kappa shape index (κ2) is 10.8. The molecule has 0 aliphatic heterocycles. The molecule has 1 aliphatic rings. The zero-order valence-electron chi connectivity index (χ0n) is 19.2. The van der Waals surface area contributed by atoms with Crippen LogP contribution in [-0.4, -0.2) is 11.9 Å². The Balaban J connectivity index is 0.00000181. The summed E-state index contributed by atoms with van der Waals surface area (Å²) in [7, 11) is 0. The number of hydrogen-bond acceptors (Lipinski definition) is 1. The summed E-state index contributed by atoms with van der Waals surface area (Å²) in [5, 5.41) is 0. The minimum absolute atomic E-state index is 0. The van der Waals surface area contributed by atoms with Crippen LogP contribution >= 0.6 is 0 Å². The maximum atomic E-state index is 13.4. The van der Waals surface area contributed by atoms with Crippen molar-refractivity contribution >= 4 is 11.9 Å². The van der Waals surface area contributed by atoms with Crippen molar-refractivity contribution in [1.29, 1.82) is 0 Å². The summed E-state index contributed by atoms with van der Waals surface area (Å²) in [4.78, 5) is 13.4. The van der Waals surface area contributed by atoms with Crippen LogP contribution in [0.2, 0.25) is 13.1 Å². The summed E-state index contributed by atoms with van der Waals surface area (Å²) in [6, 6.07) is 25.8. The van der Waals surface area contributed by atoms with Crippen molar-refractivity contribution in [3.8, 4) is 11.1 Å². The van der Waals surface area contributed by atoms with Crippen LogP contribution in [0.3, 0.4) is 0 Å². The van der Waals surface area contributed by atoms with E-state index in [-0.39, 0.29) is 36.1 Å². The average molecular weight is 650 g/mol. The number of rotatable bonds is 4. The van der Waals surface area contributed by atoms with Gasteiger partial charge in [0.25, 0.3) is 0 Å². The second-order valence-corrected chi connectivity index (χ2v) is 35.6. The van der Waals surface area contributed by atoms with Crippen molar-refractivity contribution in [2.24, 2.45) is 0 Å². The fourth-order valence-electron chi connectivity index (χ4n) is 4.37. The van der Waals surface area contributed by atoms with Crippen molar-refractivity contribution in [3.63, 3.8) is 0 Å². The Kier molecular flexibility index (Phi) is 9.14. The van der Waals surface area contributed by atoms with E-state index in [2.05, 4.69) is 97.8 Å². The molecule has 1 aliphatic carbocycles. The first-order valence-corrected chi connectivity index (χ1v) is 23.7. The Bertz CT molecular complexity index is 1050. The molecule has 0 heterocycles. The number of carbonyl (C=O) groups excluding carboxylic acids is 1. The number of hydrogen-bond donors (Lipinski definition) is 1. The van der Waals surface area contributed by atoms with E-state index in [0.717, 1.165) is 5.56 Å². The summed E-state index contributed by atoms with van der Waals surface area (Å²) in [6.45, 7) is 11.4. The van der Waals surface area contributed by atoms with Crippen LogP contribution in [0.1, 0.15) is 51.5 Å². The molecule has 167 valence electrons. The van der Waals surface area contributed by atoms with Gasteiger partial charge in [-0.2, -0.15) is 0 Å². The van der Waals surface area contributed by atoms with Crippen LogP contribution in [0.25, 0.3) is 11.1 Å². The van der Waals surface area contributed by atoms with Gasteiger partial charge in [-0.3, -0.25) is 0 Å². The van der Waals surface area contributed by atoms with Crippen molar-refractivity contribution < 1.29 is 50.5 Å². The monoisotopic (exact) mass is 650 g/mol. The zero-order chi connectivity index (χ0) is 21.5. The molecular weight excluding hydrogens is 620 g/mol. The number of nitrogens with one attached hydrogen (secondary N) is 1. The van der Waals surface area contributed by atoms with Gasteiger partial charge >= 0.3 is 190 Å². The molecule has 3 aromatic rings. The Morgan fingerprint density at radius 2 is 1.38 bits per heavy atom. The first-order chi connectivity index (χ1) is 14.3. The average Bonchev–Trinajstić information content (AvgIpc) is 3.05. The van der Waals surface area contributed by atoms with Crippen molar-refractivity contribution in [2.75, 3.05) is 0 Å². The molecule has 2 nitrogen and oxygen atoms in total. The van der Waals surface area contributed by atoms with E-state index >= 15 is 0 Å². The largest absolute Gasteiger partial charge is 1.00 e. The Labute approximate surface area is 213 Å². The normalized spacial score (nSPS) is 12.3. The number of carbonyl (C=O) groups is 1. The van der Waals surface area contributed by atoms with E-state index in [1.54, 1.807) is 0 Å². The third-order valence-electron chi connectivity index (χ3n) is 6.02. The van der Waals surface area contributed by atoms with Gasteiger partial charge in [0.15, 0.2) is 0 Å². The molecular formula is C26H30Cl2HfNOSi. The first kappa shape index (κ1) is 27.0. The minimum Gasteiger partial charge on any atom is -1.00 e. The fraction of sp³-hybridized carbons (Fsp3) is 0.269. The molecule has 32 heavy (non-hydrogen) atoms. The molecule has 1 amide bonds. The maximum absolute atomic E-state index is 13.4. The smallest absolute Gasteiger partial charge is 1.00 e. The topological polar surface area (TPSA) is 29.1 Å². The molecule has 1 N–H and O–H groups in total. The maximum Gasteiger partial charge on any atom is -1.00 e. The molecule has 6 heteroatoms. The van der Waals surface area contributed by atoms with Crippen LogP contribution in [0.5, 0.6) is 0 Å². The second-order valence-electron chi connectivity index (χ2n) is 9.50. The van der Waals surface area contributed by atoms with Gasteiger partial charge in [-0.25, -0.2) is 0 Å². The molecule has 0 bridgehead atoms. The van der Waals surface area contributed by atoms with E-state index in [9.17, 15) is 4.79 Å². The number of fused-ring (bicyclic) bond motifs is 3. The standard InChI is InChI=1S/C13H9.C11H15NO.C2H7Si.2ClH.Hf/c1-3-7-12-10(5-1)9-11-6-2-4-8-13(11)12;1-11(2,3)9-6-4-5-8(7-9)10(12)13;1-3-2;;;/h1-9H;4-7H,1-3H3,(H2,12,13);3H,1-2H3;2*1H;/q;;;;;+3/p-3. The van der Waals surface area contributed by atoms with E-state index < -0.39 is 26.9 Å². The minimum atomic E-state index is -2.50. The van der Waals surface area contributed by atoms with Crippen LogP contribution in [0.4, 0.5) is 0 Å². The molecule has 0 fully saturated rings. The third-order valence-corrected chi connectivity index (χ3v) is 30.9. The molecule has 0 spiro atoms. The van der Waals surface area contributed by atoms with Gasteiger partial charge in [0, 0.05) is 0 Å². The van der Waals surface area contributed by atoms with Crippen LogP contribution in [-0.2, 0) is 26.3 Å². The molecule has 0 aromatic heterocycles. The fourth-order valence-corrected chi connectivity index (χ4v) is 25.8. The van der Waals surface area contributed by atoms with Crippen LogP contribution in [0, 0.1) is 0 Å². The zero-order valence-corrected chi connectivity index (χ0v) is 25.5. The Hall–Kier alpha value is -1.20. The van der Waals surface area contributed by atoms with Gasteiger partial charge in [0.05, 0.1) is 0 Å². The van der Waals surface area contributed by atoms with E-state index in [1.807, 2.05) is 12.1 Å². The molecule has 0 saturated heterocycles. The third kappa shape index (κ3) is 5.30.